The Balaban J connectivity index is 2.99. The second-order valence-electron chi connectivity index (χ2n) is 3.14. The number of hydrogen-bond donors (Lipinski definition) is 0. The Morgan fingerprint density at radius 1 is 1.23 bits per heavy atom. The SMILES string of the molecule is C=CCc1cc(CC)cc(CBr)c1. The van der Waals surface area contributed by atoms with Crippen molar-refractivity contribution in [2.24, 2.45) is 0 Å². The lowest BCUT2D eigenvalue weighted by molar-refractivity contribution is 1.11. The van der Waals surface area contributed by atoms with Crippen molar-refractivity contribution in [2.75, 3.05) is 0 Å². The molecule has 1 aromatic rings. The molecule has 1 heteroatoms. The average molecular weight is 239 g/mol. The minimum atomic E-state index is 0.935. The molecule has 1 rings (SSSR count). The largest absolute Gasteiger partial charge is 0.103 e. The molecule has 0 unspecified atom stereocenters. The van der Waals surface area contributed by atoms with Gasteiger partial charge in [0.05, 0.1) is 0 Å². The lowest BCUT2D eigenvalue weighted by Gasteiger charge is -2.04. The molecule has 0 amide bonds. The van der Waals surface area contributed by atoms with Crippen molar-refractivity contribution in [1.82, 2.24) is 0 Å². The first kappa shape index (κ1) is 10.5. The fourth-order valence-corrected chi connectivity index (χ4v) is 1.73. The lowest BCUT2D eigenvalue weighted by atomic mass is 10.0. The molecular weight excluding hydrogens is 224 g/mol. The second kappa shape index (κ2) is 5.23. The highest BCUT2D eigenvalue weighted by molar-refractivity contribution is 9.08. The van der Waals surface area contributed by atoms with Gasteiger partial charge in [-0.25, -0.2) is 0 Å². The maximum Gasteiger partial charge on any atom is 0.0283 e. The van der Waals surface area contributed by atoms with Gasteiger partial charge in [-0.15, -0.1) is 6.58 Å². The third-order valence-electron chi connectivity index (χ3n) is 2.05. The summed E-state index contributed by atoms with van der Waals surface area (Å²) in [6, 6.07) is 6.74. The highest BCUT2D eigenvalue weighted by Gasteiger charge is 1.97. The van der Waals surface area contributed by atoms with Crippen LogP contribution in [0.15, 0.2) is 30.9 Å². The number of aryl methyl sites for hydroxylation is 1. The summed E-state index contributed by atoms with van der Waals surface area (Å²) >= 11 is 3.48. The molecule has 0 spiro atoms. The average Bonchev–Trinajstić information content (AvgIpc) is 2.17. The van der Waals surface area contributed by atoms with Gasteiger partial charge in [0.1, 0.15) is 0 Å². The van der Waals surface area contributed by atoms with Crippen LogP contribution < -0.4 is 0 Å². The van der Waals surface area contributed by atoms with Crippen molar-refractivity contribution in [2.45, 2.75) is 25.1 Å². The molecule has 0 saturated carbocycles. The first-order valence-corrected chi connectivity index (χ1v) is 5.71. The maximum atomic E-state index is 3.76. The van der Waals surface area contributed by atoms with Gasteiger partial charge in [-0.3, -0.25) is 0 Å². The van der Waals surface area contributed by atoms with E-state index < -0.39 is 0 Å². The van der Waals surface area contributed by atoms with Crippen LogP contribution in [0.5, 0.6) is 0 Å². The highest BCUT2D eigenvalue weighted by atomic mass is 79.9. The summed E-state index contributed by atoms with van der Waals surface area (Å²) in [7, 11) is 0. The first-order valence-electron chi connectivity index (χ1n) is 4.58. The summed E-state index contributed by atoms with van der Waals surface area (Å²) in [6.07, 6.45) is 4.02. The molecule has 0 atom stereocenters. The van der Waals surface area contributed by atoms with Crippen LogP contribution in [0.4, 0.5) is 0 Å². The third kappa shape index (κ3) is 3.00. The van der Waals surface area contributed by atoms with Gasteiger partial charge in [0, 0.05) is 5.33 Å². The van der Waals surface area contributed by atoms with E-state index in [9.17, 15) is 0 Å². The molecule has 0 saturated heterocycles. The van der Waals surface area contributed by atoms with Crippen LogP contribution in [0.3, 0.4) is 0 Å². The lowest BCUT2D eigenvalue weighted by Crippen LogP contribution is -1.89. The summed E-state index contributed by atoms with van der Waals surface area (Å²) in [4.78, 5) is 0. The minimum absolute atomic E-state index is 0.935. The third-order valence-corrected chi connectivity index (χ3v) is 2.70. The standard InChI is InChI=1S/C12H15Br/c1-3-5-11-6-10(4-2)7-12(8-11)9-13/h3,6-8H,1,4-5,9H2,2H3. The summed E-state index contributed by atoms with van der Waals surface area (Å²) in [5, 5.41) is 0.935. The Bertz CT molecular complexity index is 267. The Morgan fingerprint density at radius 2 is 1.85 bits per heavy atom. The fourth-order valence-electron chi connectivity index (χ4n) is 1.41. The van der Waals surface area contributed by atoms with E-state index in [0.29, 0.717) is 0 Å². The number of rotatable bonds is 4. The zero-order valence-corrected chi connectivity index (χ0v) is 9.60. The maximum absolute atomic E-state index is 3.76. The van der Waals surface area contributed by atoms with E-state index in [4.69, 9.17) is 0 Å². The van der Waals surface area contributed by atoms with Gasteiger partial charge in [-0.05, 0) is 29.5 Å². The molecule has 0 radical (unpaired) electrons. The van der Waals surface area contributed by atoms with Crippen LogP contribution >= 0.6 is 15.9 Å². The van der Waals surface area contributed by atoms with Crippen LogP contribution in [0.2, 0.25) is 0 Å². The van der Waals surface area contributed by atoms with E-state index in [-0.39, 0.29) is 0 Å². The monoisotopic (exact) mass is 238 g/mol. The summed E-state index contributed by atoms with van der Waals surface area (Å²) in [5.41, 5.74) is 4.13. The van der Waals surface area contributed by atoms with Gasteiger partial charge in [0.2, 0.25) is 0 Å². The molecule has 70 valence electrons. The van der Waals surface area contributed by atoms with Gasteiger partial charge in [0.25, 0.3) is 0 Å². The van der Waals surface area contributed by atoms with Crippen LogP contribution in [0.25, 0.3) is 0 Å². The molecule has 0 fully saturated rings. The fraction of sp³-hybridized carbons (Fsp3) is 0.333. The molecule has 0 aliphatic rings. The van der Waals surface area contributed by atoms with Crippen molar-refractivity contribution in [3.05, 3.63) is 47.5 Å². The van der Waals surface area contributed by atoms with E-state index >= 15 is 0 Å². The van der Waals surface area contributed by atoms with Gasteiger partial charge < -0.3 is 0 Å². The van der Waals surface area contributed by atoms with Crippen molar-refractivity contribution in [3.63, 3.8) is 0 Å². The Labute approximate surface area is 88.8 Å². The summed E-state index contributed by atoms with van der Waals surface area (Å²) in [6.45, 7) is 5.94. The molecule has 0 heterocycles. The molecule has 13 heavy (non-hydrogen) atoms. The number of allylic oxidation sites excluding steroid dienone is 1. The zero-order valence-electron chi connectivity index (χ0n) is 8.02. The summed E-state index contributed by atoms with van der Waals surface area (Å²) in [5.74, 6) is 0. The minimum Gasteiger partial charge on any atom is -0.103 e. The van der Waals surface area contributed by atoms with E-state index in [1.807, 2.05) is 6.08 Å². The molecule has 0 aliphatic carbocycles. The van der Waals surface area contributed by atoms with Crippen LogP contribution in [0, 0.1) is 0 Å². The van der Waals surface area contributed by atoms with Crippen molar-refractivity contribution >= 4 is 15.9 Å². The second-order valence-corrected chi connectivity index (χ2v) is 3.70. The van der Waals surface area contributed by atoms with Crippen molar-refractivity contribution in [3.8, 4) is 0 Å². The van der Waals surface area contributed by atoms with E-state index in [1.165, 1.54) is 16.7 Å². The number of hydrogen-bond acceptors (Lipinski definition) is 0. The van der Waals surface area contributed by atoms with Crippen LogP contribution in [-0.4, -0.2) is 0 Å². The van der Waals surface area contributed by atoms with Gasteiger partial charge >= 0.3 is 0 Å². The van der Waals surface area contributed by atoms with E-state index in [0.717, 1.165) is 18.2 Å². The molecular formula is C12H15Br. The van der Waals surface area contributed by atoms with Gasteiger partial charge in [-0.1, -0.05) is 47.1 Å². The quantitative estimate of drug-likeness (QED) is 0.552. The van der Waals surface area contributed by atoms with Gasteiger partial charge in [0.15, 0.2) is 0 Å². The highest BCUT2D eigenvalue weighted by Crippen LogP contribution is 2.14. The molecule has 0 aromatic heterocycles. The molecule has 1 aromatic carbocycles. The number of alkyl halides is 1. The molecule has 0 bridgehead atoms. The van der Waals surface area contributed by atoms with E-state index in [1.54, 1.807) is 0 Å². The van der Waals surface area contributed by atoms with Crippen LogP contribution in [-0.2, 0) is 18.2 Å². The number of halogens is 1. The van der Waals surface area contributed by atoms with Crippen molar-refractivity contribution < 1.29 is 0 Å². The van der Waals surface area contributed by atoms with Crippen LogP contribution in [0.1, 0.15) is 23.6 Å². The molecule has 0 aliphatic heterocycles. The normalized spacial score (nSPS) is 10.0. The predicted molar refractivity (Wildman–Crippen MR) is 62.4 cm³/mol. The number of benzene rings is 1. The summed E-state index contributed by atoms with van der Waals surface area (Å²) < 4.78 is 0. The van der Waals surface area contributed by atoms with E-state index in [2.05, 4.69) is 47.6 Å². The molecule has 0 nitrogen and oxygen atoms in total. The molecule has 0 N–H and O–H groups in total. The van der Waals surface area contributed by atoms with Crippen molar-refractivity contribution in [1.29, 1.82) is 0 Å². The smallest absolute Gasteiger partial charge is 0.0283 e. The Kier molecular flexibility index (Phi) is 4.23. The predicted octanol–water partition coefficient (Wildman–Crippen LogP) is 3.87. The Hall–Kier alpha value is -0.560. The topological polar surface area (TPSA) is 0 Å². The van der Waals surface area contributed by atoms with Gasteiger partial charge in [-0.2, -0.15) is 0 Å². The first-order chi connectivity index (χ1) is 6.30. The zero-order chi connectivity index (χ0) is 9.68. The Morgan fingerprint density at radius 3 is 2.38 bits per heavy atom.